The lowest BCUT2D eigenvalue weighted by Crippen LogP contribution is -2.43. The van der Waals surface area contributed by atoms with Crippen molar-refractivity contribution >= 4 is 5.84 Å². The van der Waals surface area contributed by atoms with Crippen LogP contribution < -0.4 is 5.73 Å². The molecule has 0 spiro atoms. The van der Waals surface area contributed by atoms with Crippen LogP contribution in [0.2, 0.25) is 0 Å². The second-order valence-electron chi connectivity index (χ2n) is 5.36. The summed E-state index contributed by atoms with van der Waals surface area (Å²) < 4.78 is 0. The van der Waals surface area contributed by atoms with Crippen molar-refractivity contribution in [1.29, 1.82) is 5.41 Å². The second kappa shape index (κ2) is 4.30. The maximum Gasteiger partial charge on any atom is 0.0947 e. The highest BCUT2D eigenvalue weighted by molar-refractivity contribution is 5.79. The highest BCUT2D eigenvalue weighted by atomic mass is 15.1. The maximum atomic E-state index is 7.37. The van der Waals surface area contributed by atoms with Crippen LogP contribution in [0.1, 0.15) is 33.6 Å². The quantitative estimate of drug-likeness (QED) is 0.534. The van der Waals surface area contributed by atoms with Gasteiger partial charge < -0.3 is 10.6 Å². The molecule has 0 aliphatic carbocycles. The minimum absolute atomic E-state index is 0.198. The van der Waals surface area contributed by atoms with Gasteiger partial charge in [-0.1, -0.05) is 20.8 Å². The number of piperidine rings is 1. The van der Waals surface area contributed by atoms with Crippen LogP contribution in [0.15, 0.2) is 0 Å². The minimum Gasteiger partial charge on any atom is -0.387 e. The van der Waals surface area contributed by atoms with Crippen LogP contribution in [0.4, 0.5) is 0 Å². The van der Waals surface area contributed by atoms with Gasteiger partial charge in [-0.2, -0.15) is 0 Å². The fourth-order valence-corrected chi connectivity index (χ4v) is 2.19. The van der Waals surface area contributed by atoms with E-state index in [0.29, 0.717) is 11.3 Å². The molecule has 3 N–H and O–H groups in total. The molecule has 14 heavy (non-hydrogen) atoms. The molecule has 1 rings (SSSR count). The Bertz CT molecular complexity index is 211. The van der Waals surface area contributed by atoms with Crippen molar-refractivity contribution in [3.05, 3.63) is 0 Å². The number of hydrogen-bond donors (Lipinski definition) is 2. The summed E-state index contributed by atoms with van der Waals surface area (Å²) in [6, 6.07) is 0. The van der Waals surface area contributed by atoms with Gasteiger partial charge in [0, 0.05) is 19.0 Å². The average molecular weight is 197 g/mol. The minimum atomic E-state index is 0.198. The first-order valence-electron chi connectivity index (χ1n) is 5.47. The maximum absolute atomic E-state index is 7.37. The van der Waals surface area contributed by atoms with Crippen LogP contribution in [-0.4, -0.2) is 30.4 Å². The standard InChI is InChI=1S/C11H23N3/c1-9(10(12)13)7-14-6-4-5-11(2,3)8-14/h9H,4-8H2,1-3H3,(H3,12,13). The molecule has 0 amide bonds. The van der Waals surface area contributed by atoms with Crippen LogP contribution in [0, 0.1) is 16.7 Å². The molecule has 0 aromatic heterocycles. The molecule has 1 unspecified atom stereocenters. The predicted molar refractivity (Wildman–Crippen MR) is 60.5 cm³/mol. The molecule has 1 aliphatic rings. The summed E-state index contributed by atoms with van der Waals surface area (Å²) in [6.45, 7) is 9.92. The van der Waals surface area contributed by atoms with E-state index >= 15 is 0 Å². The van der Waals surface area contributed by atoms with Gasteiger partial charge in [0.1, 0.15) is 0 Å². The molecule has 82 valence electrons. The van der Waals surface area contributed by atoms with E-state index in [0.717, 1.165) is 13.1 Å². The highest BCUT2D eigenvalue weighted by Crippen LogP contribution is 2.28. The van der Waals surface area contributed by atoms with Crippen molar-refractivity contribution in [3.8, 4) is 0 Å². The Labute approximate surface area is 87.2 Å². The lowest BCUT2D eigenvalue weighted by molar-refractivity contribution is 0.112. The first-order valence-corrected chi connectivity index (χ1v) is 5.47. The third-order valence-corrected chi connectivity index (χ3v) is 3.04. The molecule has 0 bridgehead atoms. The summed E-state index contributed by atoms with van der Waals surface area (Å²) in [5.41, 5.74) is 5.92. The summed E-state index contributed by atoms with van der Waals surface area (Å²) in [4.78, 5) is 2.44. The highest BCUT2D eigenvalue weighted by Gasteiger charge is 2.27. The fourth-order valence-electron chi connectivity index (χ4n) is 2.19. The summed E-state index contributed by atoms with van der Waals surface area (Å²) >= 11 is 0. The Balaban J connectivity index is 2.42. The zero-order valence-electron chi connectivity index (χ0n) is 9.64. The van der Waals surface area contributed by atoms with Gasteiger partial charge in [-0.25, -0.2) is 0 Å². The monoisotopic (exact) mass is 197 g/mol. The SMILES string of the molecule is CC(CN1CCCC(C)(C)C1)C(=N)N. The molecule has 0 radical (unpaired) electrons. The molecule has 3 nitrogen and oxygen atoms in total. The summed E-state index contributed by atoms with van der Waals surface area (Å²) in [5, 5.41) is 7.37. The molecular formula is C11H23N3. The van der Waals surface area contributed by atoms with Gasteiger partial charge in [0.05, 0.1) is 5.84 Å². The molecule has 1 fully saturated rings. The molecule has 1 aliphatic heterocycles. The van der Waals surface area contributed by atoms with Crippen molar-refractivity contribution < 1.29 is 0 Å². The van der Waals surface area contributed by atoms with Crippen molar-refractivity contribution in [2.75, 3.05) is 19.6 Å². The smallest absolute Gasteiger partial charge is 0.0947 e. The van der Waals surface area contributed by atoms with E-state index in [1.807, 2.05) is 6.92 Å². The number of nitrogens with one attached hydrogen (secondary N) is 1. The van der Waals surface area contributed by atoms with Gasteiger partial charge in [0.25, 0.3) is 0 Å². The van der Waals surface area contributed by atoms with Crippen molar-refractivity contribution in [2.45, 2.75) is 33.6 Å². The van der Waals surface area contributed by atoms with Gasteiger partial charge >= 0.3 is 0 Å². The lowest BCUT2D eigenvalue weighted by Gasteiger charge is -2.39. The lowest BCUT2D eigenvalue weighted by atomic mass is 9.84. The van der Waals surface area contributed by atoms with E-state index < -0.39 is 0 Å². The van der Waals surface area contributed by atoms with E-state index in [1.54, 1.807) is 0 Å². The normalized spacial score (nSPS) is 24.5. The Kier molecular flexibility index (Phi) is 3.53. The summed E-state index contributed by atoms with van der Waals surface area (Å²) in [5.74, 6) is 0.511. The first kappa shape index (κ1) is 11.5. The molecular weight excluding hydrogens is 174 g/mol. The molecule has 0 aromatic rings. The first-order chi connectivity index (χ1) is 6.41. The Morgan fingerprint density at radius 2 is 2.21 bits per heavy atom. The fraction of sp³-hybridized carbons (Fsp3) is 0.909. The zero-order chi connectivity index (χ0) is 10.8. The second-order valence-corrected chi connectivity index (χ2v) is 5.36. The van der Waals surface area contributed by atoms with E-state index in [-0.39, 0.29) is 5.92 Å². The van der Waals surface area contributed by atoms with Crippen LogP contribution >= 0.6 is 0 Å². The molecule has 0 saturated carbocycles. The summed E-state index contributed by atoms with van der Waals surface area (Å²) in [6.07, 6.45) is 2.59. The van der Waals surface area contributed by atoms with Crippen molar-refractivity contribution in [2.24, 2.45) is 17.1 Å². The number of amidine groups is 1. The molecule has 3 heteroatoms. The van der Waals surface area contributed by atoms with E-state index in [1.165, 1.54) is 19.4 Å². The number of rotatable bonds is 3. The number of nitrogens with two attached hydrogens (primary N) is 1. The average Bonchev–Trinajstić information content (AvgIpc) is 2.01. The Hall–Kier alpha value is -0.570. The van der Waals surface area contributed by atoms with Gasteiger partial charge in [0.15, 0.2) is 0 Å². The van der Waals surface area contributed by atoms with Crippen LogP contribution in [0.3, 0.4) is 0 Å². The van der Waals surface area contributed by atoms with E-state index in [9.17, 15) is 0 Å². The third-order valence-electron chi connectivity index (χ3n) is 3.04. The molecule has 1 atom stereocenters. The van der Waals surface area contributed by atoms with Crippen molar-refractivity contribution in [1.82, 2.24) is 4.90 Å². The predicted octanol–water partition coefficient (Wildman–Crippen LogP) is 1.68. The molecule has 0 aromatic carbocycles. The van der Waals surface area contributed by atoms with Crippen molar-refractivity contribution in [3.63, 3.8) is 0 Å². The topological polar surface area (TPSA) is 53.1 Å². The van der Waals surface area contributed by atoms with E-state index in [2.05, 4.69) is 18.7 Å². The zero-order valence-corrected chi connectivity index (χ0v) is 9.64. The summed E-state index contributed by atoms with van der Waals surface area (Å²) in [7, 11) is 0. The number of hydrogen-bond acceptors (Lipinski definition) is 2. The third kappa shape index (κ3) is 3.29. The van der Waals surface area contributed by atoms with Gasteiger partial charge in [-0.3, -0.25) is 5.41 Å². The van der Waals surface area contributed by atoms with Gasteiger partial charge in [-0.15, -0.1) is 0 Å². The Morgan fingerprint density at radius 1 is 1.57 bits per heavy atom. The number of likely N-dealkylation sites (tertiary alicyclic amines) is 1. The molecule has 1 heterocycles. The Morgan fingerprint density at radius 3 is 2.71 bits per heavy atom. The van der Waals surface area contributed by atoms with Gasteiger partial charge in [0.2, 0.25) is 0 Å². The van der Waals surface area contributed by atoms with Gasteiger partial charge in [-0.05, 0) is 24.8 Å². The number of nitrogens with zero attached hydrogens (tertiary/aromatic N) is 1. The molecule has 1 saturated heterocycles. The van der Waals surface area contributed by atoms with E-state index in [4.69, 9.17) is 11.1 Å². The van der Waals surface area contributed by atoms with Crippen LogP contribution in [-0.2, 0) is 0 Å². The van der Waals surface area contributed by atoms with Crippen LogP contribution in [0.5, 0.6) is 0 Å². The largest absolute Gasteiger partial charge is 0.387 e. The van der Waals surface area contributed by atoms with Crippen LogP contribution in [0.25, 0.3) is 0 Å².